The molecule has 0 aliphatic rings. The van der Waals surface area contributed by atoms with Gasteiger partial charge in [-0.05, 0) is 35.4 Å². The van der Waals surface area contributed by atoms with Crippen LogP contribution in [0.2, 0.25) is 15.1 Å². The lowest BCUT2D eigenvalue weighted by molar-refractivity contribution is 0.585. The van der Waals surface area contributed by atoms with Crippen molar-refractivity contribution in [2.75, 3.05) is 0 Å². The summed E-state index contributed by atoms with van der Waals surface area (Å²) in [6.07, 6.45) is 3.06. The smallest absolute Gasteiger partial charge is 0.137 e. The number of hydrogen-bond acceptors (Lipinski definition) is 3. The van der Waals surface area contributed by atoms with Gasteiger partial charge in [-0.25, -0.2) is 4.98 Å². The van der Waals surface area contributed by atoms with Crippen LogP contribution in [0.4, 0.5) is 0 Å². The molecule has 25 heavy (non-hydrogen) atoms. The number of rotatable bonds is 6. The molecule has 8 heteroatoms. The molecule has 3 rings (SSSR count). The van der Waals surface area contributed by atoms with Crippen molar-refractivity contribution in [2.24, 2.45) is 0 Å². The van der Waals surface area contributed by atoms with E-state index in [-0.39, 0.29) is 5.25 Å². The Morgan fingerprint density at radius 2 is 1.76 bits per heavy atom. The first kappa shape index (κ1) is 18.4. The lowest BCUT2D eigenvalue weighted by atomic mass is 10.1. The van der Waals surface area contributed by atoms with E-state index in [1.807, 2.05) is 12.1 Å². The maximum Gasteiger partial charge on any atom is 0.137 e. The van der Waals surface area contributed by atoms with Gasteiger partial charge in [-0.1, -0.05) is 53.0 Å². The molecular formula is C17H14Cl3N3OS. The summed E-state index contributed by atoms with van der Waals surface area (Å²) in [5.41, 5.74) is 1.71. The molecular weight excluding hydrogens is 401 g/mol. The fraction of sp³-hybridized carbons (Fsp3) is 0.176. The fourth-order valence-corrected chi connectivity index (χ4v) is 4.63. The highest BCUT2D eigenvalue weighted by atomic mass is 35.5. The van der Waals surface area contributed by atoms with E-state index < -0.39 is 10.8 Å². The van der Waals surface area contributed by atoms with Gasteiger partial charge < -0.3 is 0 Å². The third-order valence-electron chi connectivity index (χ3n) is 3.69. The van der Waals surface area contributed by atoms with Crippen LogP contribution in [0.3, 0.4) is 0 Å². The van der Waals surface area contributed by atoms with Gasteiger partial charge in [0, 0.05) is 25.9 Å². The fourth-order valence-electron chi connectivity index (χ4n) is 2.41. The summed E-state index contributed by atoms with van der Waals surface area (Å²) >= 11 is 18.1. The van der Waals surface area contributed by atoms with Crippen LogP contribution < -0.4 is 0 Å². The first-order valence-corrected chi connectivity index (χ1v) is 9.93. The van der Waals surface area contributed by atoms with E-state index in [1.165, 1.54) is 6.33 Å². The third kappa shape index (κ3) is 4.82. The molecule has 0 saturated carbocycles. The van der Waals surface area contributed by atoms with Crippen LogP contribution in [0.15, 0.2) is 55.1 Å². The second-order valence-corrected chi connectivity index (χ2v) is 8.32. The molecule has 1 heterocycles. The summed E-state index contributed by atoms with van der Waals surface area (Å²) in [6, 6.07) is 12.5. The van der Waals surface area contributed by atoms with Crippen molar-refractivity contribution >= 4 is 45.6 Å². The number of benzene rings is 2. The van der Waals surface area contributed by atoms with Crippen LogP contribution >= 0.6 is 34.8 Å². The van der Waals surface area contributed by atoms with E-state index in [2.05, 4.69) is 10.1 Å². The molecule has 2 atom stereocenters. The van der Waals surface area contributed by atoms with E-state index in [4.69, 9.17) is 34.8 Å². The summed E-state index contributed by atoms with van der Waals surface area (Å²) in [5.74, 6) is 0.317. The lowest BCUT2D eigenvalue weighted by Gasteiger charge is -2.18. The molecule has 0 aliphatic heterocycles. The van der Waals surface area contributed by atoms with Gasteiger partial charge in [0.05, 0.1) is 17.5 Å². The summed E-state index contributed by atoms with van der Waals surface area (Å²) in [4.78, 5) is 3.95. The van der Waals surface area contributed by atoms with Crippen LogP contribution in [-0.2, 0) is 23.1 Å². The molecule has 130 valence electrons. The predicted molar refractivity (Wildman–Crippen MR) is 103 cm³/mol. The minimum Gasteiger partial charge on any atom is -0.259 e. The number of hydrogen-bond donors (Lipinski definition) is 0. The van der Waals surface area contributed by atoms with Crippen molar-refractivity contribution in [2.45, 2.75) is 17.5 Å². The van der Waals surface area contributed by atoms with Crippen molar-refractivity contribution in [1.82, 2.24) is 14.8 Å². The zero-order valence-electron chi connectivity index (χ0n) is 13.0. The van der Waals surface area contributed by atoms with Crippen LogP contribution in [-0.4, -0.2) is 19.0 Å². The predicted octanol–water partition coefficient (Wildman–Crippen LogP) is 4.93. The Labute approximate surface area is 163 Å². The average Bonchev–Trinajstić information content (AvgIpc) is 3.09. The number of aromatic nitrogens is 3. The first-order chi connectivity index (χ1) is 12.0. The second-order valence-electron chi connectivity index (χ2n) is 5.42. The van der Waals surface area contributed by atoms with Gasteiger partial charge in [-0.3, -0.25) is 8.89 Å². The molecule has 0 spiro atoms. The van der Waals surface area contributed by atoms with E-state index in [1.54, 1.807) is 41.3 Å². The molecule has 0 fully saturated rings. The maximum atomic E-state index is 13.1. The summed E-state index contributed by atoms with van der Waals surface area (Å²) in [6.45, 7) is 0.444. The van der Waals surface area contributed by atoms with Gasteiger partial charge >= 0.3 is 0 Å². The van der Waals surface area contributed by atoms with Crippen molar-refractivity contribution in [3.63, 3.8) is 0 Å². The zero-order valence-corrected chi connectivity index (χ0v) is 16.1. The monoisotopic (exact) mass is 413 g/mol. The topological polar surface area (TPSA) is 47.8 Å². The Morgan fingerprint density at radius 3 is 2.40 bits per heavy atom. The van der Waals surface area contributed by atoms with Crippen molar-refractivity contribution in [3.8, 4) is 0 Å². The average molecular weight is 415 g/mol. The molecule has 0 bridgehead atoms. The Kier molecular flexibility index (Phi) is 6.12. The van der Waals surface area contributed by atoms with Gasteiger partial charge in [-0.2, -0.15) is 5.10 Å². The van der Waals surface area contributed by atoms with Crippen LogP contribution in [0.1, 0.15) is 16.4 Å². The van der Waals surface area contributed by atoms with Crippen LogP contribution in [0, 0.1) is 0 Å². The second kappa shape index (κ2) is 8.32. The Morgan fingerprint density at radius 1 is 1.04 bits per heavy atom. The first-order valence-electron chi connectivity index (χ1n) is 7.42. The normalized spacial score (nSPS) is 13.6. The summed E-state index contributed by atoms with van der Waals surface area (Å²) < 4.78 is 14.8. The molecule has 1 aromatic heterocycles. The largest absolute Gasteiger partial charge is 0.259 e. The van der Waals surface area contributed by atoms with Crippen LogP contribution in [0.25, 0.3) is 0 Å². The standard InChI is InChI=1S/C17H14Cl3N3OS/c18-14-4-1-12(2-5-14)17(8-23-11-21-10-22-23)25(24)9-13-3-6-15(19)7-16(13)20/h1-7,10-11,17H,8-9H2. The van der Waals surface area contributed by atoms with Gasteiger partial charge in [0.15, 0.2) is 0 Å². The SMILES string of the molecule is O=S(Cc1ccc(Cl)cc1Cl)C(Cn1cncn1)c1ccc(Cl)cc1. The molecule has 0 aliphatic carbocycles. The van der Waals surface area contributed by atoms with Gasteiger partial charge in [0.1, 0.15) is 12.7 Å². The highest BCUT2D eigenvalue weighted by Gasteiger charge is 2.21. The van der Waals surface area contributed by atoms with Crippen molar-refractivity contribution in [1.29, 1.82) is 0 Å². The highest BCUT2D eigenvalue weighted by molar-refractivity contribution is 7.84. The summed E-state index contributed by atoms with van der Waals surface area (Å²) in [5, 5.41) is 5.54. The minimum atomic E-state index is -1.23. The van der Waals surface area contributed by atoms with E-state index >= 15 is 0 Å². The number of nitrogens with zero attached hydrogens (tertiary/aromatic N) is 3. The Bertz CT molecular complexity index is 869. The molecule has 0 radical (unpaired) electrons. The molecule has 2 aromatic carbocycles. The van der Waals surface area contributed by atoms with E-state index in [9.17, 15) is 4.21 Å². The lowest BCUT2D eigenvalue weighted by Crippen LogP contribution is -2.16. The number of halogens is 3. The molecule has 0 amide bonds. The van der Waals surface area contributed by atoms with Gasteiger partial charge in [-0.15, -0.1) is 0 Å². The van der Waals surface area contributed by atoms with Crippen LogP contribution in [0.5, 0.6) is 0 Å². The maximum absolute atomic E-state index is 13.1. The molecule has 3 aromatic rings. The molecule has 0 saturated heterocycles. The van der Waals surface area contributed by atoms with Crippen molar-refractivity contribution in [3.05, 3.63) is 81.3 Å². The molecule has 4 nitrogen and oxygen atoms in total. The van der Waals surface area contributed by atoms with E-state index in [0.717, 1.165) is 11.1 Å². The van der Waals surface area contributed by atoms with Crippen molar-refractivity contribution < 1.29 is 4.21 Å². The van der Waals surface area contributed by atoms with Gasteiger partial charge in [0.25, 0.3) is 0 Å². The molecule has 2 unspecified atom stereocenters. The van der Waals surface area contributed by atoms with Gasteiger partial charge in [0.2, 0.25) is 0 Å². The highest BCUT2D eigenvalue weighted by Crippen LogP contribution is 2.28. The Hall–Kier alpha value is -1.40. The quantitative estimate of drug-likeness (QED) is 0.574. The Balaban J connectivity index is 1.87. The summed E-state index contributed by atoms with van der Waals surface area (Å²) in [7, 11) is -1.23. The third-order valence-corrected chi connectivity index (χ3v) is 6.18. The van der Waals surface area contributed by atoms with E-state index in [0.29, 0.717) is 27.4 Å². The molecule has 0 N–H and O–H groups in total. The minimum absolute atomic E-state index is 0.272. The zero-order chi connectivity index (χ0) is 17.8.